The summed E-state index contributed by atoms with van der Waals surface area (Å²) in [5.41, 5.74) is 0. The highest BCUT2D eigenvalue weighted by Gasteiger charge is 2.11. The minimum absolute atomic E-state index is 0.0727. The fraction of sp³-hybridized carbons (Fsp3) is 1.00. The van der Waals surface area contributed by atoms with E-state index < -0.39 is 0 Å². The van der Waals surface area contributed by atoms with Crippen LogP contribution in [0.3, 0.4) is 0 Å². The van der Waals surface area contributed by atoms with E-state index in [4.69, 9.17) is 10.2 Å². The molecule has 0 rings (SSSR count). The van der Waals surface area contributed by atoms with E-state index in [9.17, 15) is 0 Å². The predicted octanol–water partition coefficient (Wildman–Crippen LogP) is 1.11. The first-order valence-electron chi connectivity index (χ1n) is 4.22. The van der Waals surface area contributed by atoms with Gasteiger partial charge in [0.15, 0.2) is 0 Å². The van der Waals surface area contributed by atoms with Crippen molar-refractivity contribution in [2.24, 2.45) is 5.92 Å². The molecule has 2 nitrogen and oxygen atoms in total. The first kappa shape index (κ1) is 11.4. The lowest BCUT2D eigenvalue weighted by molar-refractivity contribution is 0.164. The second kappa shape index (κ2) is 7.02. The van der Waals surface area contributed by atoms with Crippen LogP contribution in [-0.4, -0.2) is 41.9 Å². The summed E-state index contributed by atoms with van der Waals surface area (Å²) in [7, 11) is 0.0727. The van der Waals surface area contributed by atoms with E-state index in [1.54, 1.807) is 0 Å². The van der Waals surface area contributed by atoms with Gasteiger partial charge in [0.2, 0.25) is 0 Å². The maximum atomic E-state index is 8.82. The Hall–Kier alpha value is 0.350. The van der Waals surface area contributed by atoms with Crippen LogP contribution in [0, 0.1) is 5.92 Å². The number of hydrogen-bond donors (Lipinski definition) is 2. The third-order valence-electron chi connectivity index (χ3n) is 1.93. The van der Waals surface area contributed by atoms with Crippen LogP contribution in [0.15, 0.2) is 0 Å². The van der Waals surface area contributed by atoms with Gasteiger partial charge >= 0.3 is 0 Å². The molecule has 0 unspecified atom stereocenters. The fourth-order valence-corrected chi connectivity index (χ4v) is 2.95. The van der Waals surface area contributed by atoms with Gasteiger partial charge in [-0.2, -0.15) is 0 Å². The second-order valence-corrected chi connectivity index (χ2v) is 5.69. The van der Waals surface area contributed by atoms with Crippen LogP contribution in [0.4, 0.5) is 0 Å². The molecule has 0 fully saturated rings. The van der Waals surface area contributed by atoms with Crippen LogP contribution in [0.1, 0.15) is 13.8 Å². The van der Waals surface area contributed by atoms with Gasteiger partial charge in [-0.3, -0.25) is 0 Å². The molecule has 0 aromatic rings. The third-order valence-corrected chi connectivity index (χ3v) is 4.75. The maximum Gasteiger partial charge on any atom is 0.0484 e. The quantitative estimate of drug-likeness (QED) is 0.598. The van der Waals surface area contributed by atoms with E-state index in [0.29, 0.717) is 0 Å². The van der Waals surface area contributed by atoms with Crippen LogP contribution in [-0.2, 0) is 0 Å². The second-order valence-electron chi connectivity index (χ2n) is 2.72. The molecule has 3 heteroatoms. The molecule has 11 heavy (non-hydrogen) atoms. The Balaban J connectivity index is 3.58. The van der Waals surface area contributed by atoms with Gasteiger partial charge in [0.25, 0.3) is 0 Å². The summed E-state index contributed by atoms with van der Waals surface area (Å²) in [6.45, 7) is 4.63. The van der Waals surface area contributed by atoms with Crippen LogP contribution >= 0.6 is 7.92 Å². The van der Waals surface area contributed by atoms with E-state index in [1.165, 1.54) is 12.3 Å². The largest absolute Gasteiger partial charge is 0.396 e. The first-order valence-corrected chi connectivity index (χ1v) is 6.12. The van der Waals surface area contributed by atoms with E-state index in [2.05, 4.69) is 13.8 Å². The zero-order chi connectivity index (χ0) is 8.69. The Morgan fingerprint density at radius 3 is 1.82 bits per heavy atom. The summed E-state index contributed by atoms with van der Waals surface area (Å²) >= 11 is 0. The fourth-order valence-electron chi connectivity index (χ4n) is 1.02. The molecule has 0 aliphatic rings. The van der Waals surface area contributed by atoms with Crippen molar-refractivity contribution in [3.63, 3.8) is 0 Å². The molecule has 0 bridgehead atoms. The number of hydrogen-bond acceptors (Lipinski definition) is 2. The van der Waals surface area contributed by atoms with Crippen molar-refractivity contribution in [3.05, 3.63) is 0 Å². The van der Waals surface area contributed by atoms with Gasteiger partial charge in [-0.15, -0.1) is 7.92 Å². The van der Waals surface area contributed by atoms with Gasteiger partial charge < -0.3 is 10.2 Å². The van der Waals surface area contributed by atoms with Gasteiger partial charge in [-0.25, -0.2) is 0 Å². The first-order chi connectivity index (χ1) is 5.28. The molecule has 0 radical (unpaired) electrons. The van der Waals surface area contributed by atoms with Crippen molar-refractivity contribution in [2.75, 3.05) is 31.7 Å². The van der Waals surface area contributed by atoms with E-state index >= 15 is 0 Å². The molecule has 0 aromatic carbocycles. The van der Waals surface area contributed by atoms with Crippen molar-refractivity contribution in [3.8, 4) is 0 Å². The smallest absolute Gasteiger partial charge is 0.0484 e. The normalized spacial score (nSPS) is 11.5. The average molecular weight is 178 g/mol. The lowest BCUT2D eigenvalue weighted by Gasteiger charge is -2.18. The van der Waals surface area contributed by atoms with Crippen molar-refractivity contribution in [2.45, 2.75) is 13.8 Å². The molecule has 2 N–H and O–H groups in total. The lowest BCUT2D eigenvalue weighted by Crippen LogP contribution is -2.15. The average Bonchev–Trinajstić information content (AvgIpc) is 2.07. The molecular weight excluding hydrogens is 159 g/mol. The van der Waals surface area contributed by atoms with Crippen LogP contribution in [0.5, 0.6) is 0 Å². The molecular formula is C8H19O2P. The van der Waals surface area contributed by atoms with Gasteiger partial charge in [-0.1, -0.05) is 13.8 Å². The molecule has 0 saturated carbocycles. The summed E-state index contributed by atoms with van der Waals surface area (Å²) in [6.07, 6.45) is 3.44. The Bertz CT molecular complexity index is 70.2. The topological polar surface area (TPSA) is 40.5 Å². The highest BCUT2D eigenvalue weighted by Crippen LogP contribution is 2.36. The predicted molar refractivity (Wildman–Crippen MR) is 50.5 cm³/mol. The molecule has 0 saturated heterocycles. The van der Waals surface area contributed by atoms with Crippen LogP contribution < -0.4 is 0 Å². The lowest BCUT2D eigenvalue weighted by atomic mass is 10.2. The minimum atomic E-state index is 0.0727. The third kappa shape index (κ3) is 4.73. The molecule has 0 aliphatic heterocycles. The summed E-state index contributed by atoms with van der Waals surface area (Å²) in [4.78, 5) is 0. The van der Waals surface area contributed by atoms with Gasteiger partial charge in [-0.05, 0) is 18.5 Å². The number of aliphatic hydroxyl groups is 2. The summed E-state index contributed by atoms with van der Waals surface area (Å²) in [6, 6.07) is 0. The SMILES string of the molecule is CCP(CC)CC(CO)CO. The highest BCUT2D eigenvalue weighted by atomic mass is 31.1. The van der Waals surface area contributed by atoms with Gasteiger partial charge in [0, 0.05) is 19.1 Å². The van der Waals surface area contributed by atoms with Crippen molar-refractivity contribution in [1.29, 1.82) is 0 Å². The van der Waals surface area contributed by atoms with Gasteiger partial charge in [0.1, 0.15) is 0 Å². The summed E-state index contributed by atoms with van der Waals surface area (Å²) < 4.78 is 0. The number of aliphatic hydroxyl groups excluding tert-OH is 2. The van der Waals surface area contributed by atoms with Crippen LogP contribution in [0.25, 0.3) is 0 Å². The summed E-state index contributed by atoms with van der Waals surface area (Å²) in [5.74, 6) is 0.126. The van der Waals surface area contributed by atoms with Crippen molar-refractivity contribution < 1.29 is 10.2 Å². The monoisotopic (exact) mass is 178 g/mol. The van der Waals surface area contributed by atoms with E-state index in [0.717, 1.165) is 6.16 Å². The van der Waals surface area contributed by atoms with E-state index in [1.807, 2.05) is 0 Å². The van der Waals surface area contributed by atoms with Crippen molar-refractivity contribution >= 4 is 7.92 Å². The van der Waals surface area contributed by atoms with Crippen LogP contribution in [0.2, 0.25) is 0 Å². The standard InChI is InChI=1S/C8H19O2P/c1-3-11(4-2)7-8(5-9)6-10/h8-10H,3-7H2,1-2H3. The zero-order valence-electron chi connectivity index (χ0n) is 7.45. The maximum absolute atomic E-state index is 8.82. The molecule has 0 amide bonds. The molecule has 0 spiro atoms. The zero-order valence-corrected chi connectivity index (χ0v) is 8.35. The van der Waals surface area contributed by atoms with E-state index in [-0.39, 0.29) is 27.1 Å². The Morgan fingerprint density at radius 1 is 1.09 bits per heavy atom. The minimum Gasteiger partial charge on any atom is -0.396 e. The number of rotatable bonds is 6. The molecule has 68 valence electrons. The Kier molecular flexibility index (Phi) is 7.25. The molecule has 0 aliphatic carbocycles. The summed E-state index contributed by atoms with van der Waals surface area (Å²) in [5, 5.41) is 17.6. The van der Waals surface area contributed by atoms with Crippen molar-refractivity contribution in [1.82, 2.24) is 0 Å². The Morgan fingerprint density at radius 2 is 1.55 bits per heavy atom. The Labute approximate surface area is 70.4 Å². The highest BCUT2D eigenvalue weighted by molar-refractivity contribution is 7.57. The molecule has 0 aromatic heterocycles. The van der Waals surface area contributed by atoms with Gasteiger partial charge in [0.05, 0.1) is 0 Å². The molecule has 0 heterocycles. The molecule has 0 atom stereocenters.